The Morgan fingerprint density at radius 3 is 2.97 bits per heavy atom. The fourth-order valence-corrected chi connectivity index (χ4v) is 4.29. The molecule has 8 heteroatoms. The summed E-state index contributed by atoms with van der Waals surface area (Å²) in [5.41, 5.74) is 3.07. The highest BCUT2D eigenvalue weighted by Gasteiger charge is 2.35. The van der Waals surface area contributed by atoms with Crippen LogP contribution in [0.4, 0.5) is 0 Å². The molecule has 3 heterocycles. The molecule has 154 valence electrons. The highest BCUT2D eigenvalue weighted by atomic mass is 32.1. The number of aliphatic hydroxyl groups is 1. The molecule has 1 aliphatic rings. The molecule has 1 aromatic carbocycles. The monoisotopic (exact) mass is 416 g/mol. The van der Waals surface area contributed by atoms with Gasteiger partial charge in [-0.2, -0.15) is 0 Å². The average molecular weight is 416 g/mol. The second-order valence-electron chi connectivity index (χ2n) is 7.39. The molecule has 1 aliphatic heterocycles. The quantitative estimate of drug-likeness (QED) is 0.640. The van der Waals surface area contributed by atoms with E-state index in [2.05, 4.69) is 10.3 Å². The van der Waals surface area contributed by atoms with Crippen LogP contribution in [0.25, 0.3) is 11.0 Å². The lowest BCUT2D eigenvalue weighted by Gasteiger charge is -2.36. The predicted octanol–water partition coefficient (Wildman–Crippen LogP) is 3.36. The zero-order chi connectivity index (χ0) is 20.4. The summed E-state index contributed by atoms with van der Waals surface area (Å²) in [4.78, 5) is 18.4. The van der Waals surface area contributed by atoms with Crippen molar-refractivity contribution < 1.29 is 23.8 Å². The molecule has 1 fully saturated rings. The van der Waals surface area contributed by atoms with Gasteiger partial charge in [0.2, 0.25) is 0 Å². The summed E-state index contributed by atoms with van der Waals surface area (Å²) in [7, 11) is 0. The van der Waals surface area contributed by atoms with Crippen LogP contribution in [0.15, 0.2) is 28.1 Å². The first-order valence-corrected chi connectivity index (χ1v) is 10.5. The number of furan rings is 1. The van der Waals surface area contributed by atoms with Gasteiger partial charge in [-0.15, -0.1) is 11.3 Å². The smallest absolute Gasteiger partial charge is 0.256 e. The van der Waals surface area contributed by atoms with E-state index in [4.69, 9.17) is 13.9 Å². The van der Waals surface area contributed by atoms with Crippen LogP contribution in [-0.2, 0) is 11.3 Å². The van der Waals surface area contributed by atoms with Gasteiger partial charge < -0.3 is 24.3 Å². The van der Waals surface area contributed by atoms with Gasteiger partial charge in [0.15, 0.2) is 0 Å². The number of aryl methyl sites for hydroxylation is 2. The number of amides is 1. The molecule has 0 saturated carbocycles. The third-order valence-corrected chi connectivity index (χ3v) is 6.19. The zero-order valence-electron chi connectivity index (χ0n) is 16.5. The fourth-order valence-electron chi connectivity index (χ4n) is 3.60. The SMILES string of the molecule is Cc1ncsc1COc1ccc2oc(C)c(C(=O)NC3(CO)CCCOC3)c2c1. The van der Waals surface area contributed by atoms with Gasteiger partial charge in [-0.3, -0.25) is 4.79 Å². The Bertz CT molecular complexity index is 1020. The minimum Gasteiger partial charge on any atom is -0.488 e. The van der Waals surface area contributed by atoms with E-state index in [0.29, 0.717) is 54.3 Å². The van der Waals surface area contributed by atoms with Crippen molar-refractivity contribution in [2.24, 2.45) is 0 Å². The number of carbonyl (C=O) groups is 1. The maximum atomic E-state index is 13.1. The molecule has 0 aliphatic carbocycles. The number of rotatable bonds is 6. The minimum absolute atomic E-state index is 0.171. The second kappa shape index (κ2) is 8.14. The largest absolute Gasteiger partial charge is 0.488 e. The van der Waals surface area contributed by atoms with E-state index < -0.39 is 5.54 Å². The van der Waals surface area contributed by atoms with Gasteiger partial charge in [0.05, 0.1) is 40.4 Å². The predicted molar refractivity (Wildman–Crippen MR) is 109 cm³/mol. The summed E-state index contributed by atoms with van der Waals surface area (Å²) in [6, 6.07) is 5.45. The van der Waals surface area contributed by atoms with E-state index in [-0.39, 0.29) is 12.5 Å². The summed E-state index contributed by atoms with van der Waals surface area (Å²) in [5, 5.41) is 13.5. The minimum atomic E-state index is -0.761. The number of benzene rings is 1. The lowest BCUT2D eigenvalue weighted by atomic mass is 9.92. The van der Waals surface area contributed by atoms with E-state index >= 15 is 0 Å². The molecule has 1 amide bonds. The van der Waals surface area contributed by atoms with Crippen LogP contribution < -0.4 is 10.1 Å². The molecule has 2 aromatic heterocycles. The molecule has 0 spiro atoms. The molecule has 4 rings (SSSR count). The van der Waals surface area contributed by atoms with Crippen LogP contribution in [0.1, 0.15) is 39.5 Å². The van der Waals surface area contributed by atoms with Crippen LogP contribution in [0.3, 0.4) is 0 Å². The van der Waals surface area contributed by atoms with Crippen molar-refractivity contribution in [2.75, 3.05) is 19.8 Å². The number of aromatic nitrogens is 1. The van der Waals surface area contributed by atoms with E-state index in [0.717, 1.165) is 17.0 Å². The van der Waals surface area contributed by atoms with Crippen LogP contribution in [-0.4, -0.2) is 41.4 Å². The molecular weight excluding hydrogens is 392 g/mol. The third kappa shape index (κ3) is 4.01. The molecule has 2 N–H and O–H groups in total. The number of hydrogen-bond donors (Lipinski definition) is 2. The Kier molecular flexibility index (Phi) is 5.58. The average Bonchev–Trinajstić information content (AvgIpc) is 3.28. The van der Waals surface area contributed by atoms with Crippen molar-refractivity contribution >= 4 is 28.2 Å². The second-order valence-corrected chi connectivity index (χ2v) is 8.33. The fraction of sp³-hybridized carbons (Fsp3) is 0.429. The van der Waals surface area contributed by atoms with E-state index in [1.807, 2.05) is 19.1 Å². The molecule has 3 aromatic rings. The summed E-state index contributed by atoms with van der Waals surface area (Å²) >= 11 is 1.55. The number of carbonyl (C=O) groups excluding carboxylic acids is 1. The number of thiazole rings is 1. The normalized spacial score (nSPS) is 19.4. The number of nitrogens with zero attached hydrogens (tertiary/aromatic N) is 1. The van der Waals surface area contributed by atoms with Gasteiger partial charge in [0.1, 0.15) is 23.7 Å². The van der Waals surface area contributed by atoms with Crippen molar-refractivity contribution in [3.63, 3.8) is 0 Å². The van der Waals surface area contributed by atoms with Crippen LogP contribution in [0, 0.1) is 13.8 Å². The summed E-state index contributed by atoms with van der Waals surface area (Å²) < 4.78 is 17.2. The molecule has 29 heavy (non-hydrogen) atoms. The lowest BCUT2D eigenvalue weighted by Crippen LogP contribution is -2.56. The maximum Gasteiger partial charge on any atom is 0.256 e. The van der Waals surface area contributed by atoms with E-state index in [1.165, 1.54) is 0 Å². The third-order valence-electron chi connectivity index (χ3n) is 5.28. The Hall–Kier alpha value is -2.42. The van der Waals surface area contributed by atoms with E-state index in [1.54, 1.807) is 29.8 Å². The molecule has 1 saturated heterocycles. The summed E-state index contributed by atoms with van der Waals surface area (Å²) in [6.07, 6.45) is 1.47. The standard InChI is InChI=1S/C21H24N2O5S/c1-13-18(29-12-22-13)9-27-15-4-5-17-16(8-15)19(14(2)28-17)20(25)23-21(10-24)6-3-7-26-11-21/h4-5,8,12,24H,3,6-7,9-11H2,1-2H3,(H,23,25). The van der Waals surface area contributed by atoms with Crippen molar-refractivity contribution in [1.29, 1.82) is 0 Å². The summed E-state index contributed by atoms with van der Waals surface area (Å²) in [6.45, 7) is 4.91. The molecule has 1 atom stereocenters. The topological polar surface area (TPSA) is 93.8 Å². The van der Waals surface area contributed by atoms with Gasteiger partial charge in [-0.1, -0.05) is 0 Å². The number of aliphatic hydroxyl groups excluding tert-OH is 1. The van der Waals surface area contributed by atoms with Crippen molar-refractivity contribution in [1.82, 2.24) is 10.3 Å². The van der Waals surface area contributed by atoms with Crippen LogP contribution >= 0.6 is 11.3 Å². The first kappa shape index (κ1) is 19.9. The van der Waals surface area contributed by atoms with Gasteiger partial charge in [-0.05, 0) is 44.9 Å². The molecule has 0 bridgehead atoms. The molecule has 0 radical (unpaired) electrons. The lowest BCUT2D eigenvalue weighted by molar-refractivity contribution is -0.00539. The maximum absolute atomic E-state index is 13.1. The van der Waals surface area contributed by atoms with Crippen molar-refractivity contribution in [2.45, 2.75) is 38.8 Å². The van der Waals surface area contributed by atoms with Crippen LogP contribution in [0.5, 0.6) is 5.75 Å². The highest BCUT2D eigenvalue weighted by Crippen LogP contribution is 2.31. The number of nitrogens with one attached hydrogen (secondary N) is 1. The first-order chi connectivity index (χ1) is 14.0. The Morgan fingerprint density at radius 2 is 2.28 bits per heavy atom. The molecule has 7 nitrogen and oxygen atoms in total. The Morgan fingerprint density at radius 1 is 1.41 bits per heavy atom. The number of fused-ring (bicyclic) bond motifs is 1. The molecular formula is C21H24N2O5S. The highest BCUT2D eigenvalue weighted by molar-refractivity contribution is 7.09. The van der Waals surface area contributed by atoms with Crippen molar-refractivity contribution in [3.8, 4) is 5.75 Å². The van der Waals surface area contributed by atoms with Gasteiger partial charge in [-0.25, -0.2) is 4.98 Å². The van der Waals surface area contributed by atoms with Gasteiger partial charge >= 0.3 is 0 Å². The van der Waals surface area contributed by atoms with E-state index in [9.17, 15) is 9.90 Å². The molecule has 1 unspecified atom stereocenters. The first-order valence-electron chi connectivity index (χ1n) is 9.57. The number of hydrogen-bond acceptors (Lipinski definition) is 7. The van der Waals surface area contributed by atoms with Crippen molar-refractivity contribution in [3.05, 3.63) is 45.6 Å². The zero-order valence-corrected chi connectivity index (χ0v) is 17.3. The van der Waals surface area contributed by atoms with Crippen LogP contribution in [0.2, 0.25) is 0 Å². The number of ether oxygens (including phenoxy) is 2. The van der Waals surface area contributed by atoms with Gasteiger partial charge in [0.25, 0.3) is 5.91 Å². The Balaban J connectivity index is 1.59. The summed E-state index contributed by atoms with van der Waals surface area (Å²) in [5.74, 6) is 0.895. The van der Waals surface area contributed by atoms with Gasteiger partial charge in [0, 0.05) is 12.0 Å². The Labute approximate surface area is 172 Å².